The highest BCUT2D eigenvalue weighted by Gasteiger charge is 2.21. The maximum atomic E-state index is 11.8. The van der Waals surface area contributed by atoms with Gasteiger partial charge in [-0.1, -0.05) is 12.1 Å². The summed E-state index contributed by atoms with van der Waals surface area (Å²) in [5.74, 6) is -2.04. The molecule has 1 atom stereocenters. The zero-order valence-corrected chi connectivity index (χ0v) is 12.4. The average molecular weight is 314 g/mol. The Hall–Kier alpha value is -2.09. The topological polar surface area (TPSA) is 127 Å². The minimum atomic E-state index is -3.28. The monoisotopic (exact) mass is 314 g/mol. The lowest BCUT2D eigenvalue weighted by molar-refractivity contribution is -0.141. The van der Waals surface area contributed by atoms with Gasteiger partial charge in [-0.2, -0.15) is 0 Å². The molecular formula is C13H18N2O5S. The molecule has 1 unspecified atom stereocenters. The number of sulfone groups is 1. The molecule has 0 fully saturated rings. The molecule has 21 heavy (non-hydrogen) atoms. The van der Waals surface area contributed by atoms with Gasteiger partial charge in [-0.15, -0.1) is 0 Å². The van der Waals surface area contributed by atoms with E-state index in [1.165, 1.54) is 0 Å². The second kappa shape index (κ2) is 7.07. The van der Waals surface area contributed by atoms with Crippen LogP contribution in [0.15, 0.2) is 24.3 Å². The number of aliphatic carboxylic acids is 1. The summed E-state index contributed by atoms with van der Waals surface area (Å²) in [6, 6.07) is 5.39. The van der Waals surface area contributed by atoms with Gasteiger partial charge >= 0.3 is 5.97 Å². The van der Waals surface area contributed by atoms with E-state index in [0.717, 1.165) is 6.26 Å². The van der Waals surface area contributed by atoms with Gasteiger partial charge in [-0.05, 0) is 24.1 Å². The number of rotatable bonds is 7. The molecule has 0 bridgehead atoms. The summed E-state index contributed by atoms with van der Waals surface area (Å²) in [5, 5.41) is 11.3. The van der Waals surface area contributed by atoms with E-state index < -0.39 is 27.8 Å². The Labute approximate surface area is 123 Å². The summed E-state index contributed by atoms with van der Waals surface area (Å²) in [4.78, 5) is 22.8. The minimum Gasteiger partial charge on any atom is -0.480 e. The van der Waals surface area contributed by atoms with Crippen LogP contribution in [0.5, 0.6) is 0 Å². The van der Waals surface area contributed by atoms with E-state index in [9.17, 15) is 18.0 Å². The summed E-state index contributed by atoms with van der Waals surface area (Å²) >= 11 is 0. The Morgan fingerprint density at radius 2 is 1.86 bits per heavy atom. The van der Waals surface area contributed by atoms with Crippen molar-refractivity contribution in [2.45, 2.75) is 18.9 Å². The molecule has 0 saturated carbocycles. The number of nitrogen functional groups attached to an aromatic ring is 1. The van der Waals surface area contributed by atoms with Crippen LogP contribution in [-0.2, 0) is 25.8 Å². The van der Waals surface area contributed by atoms with Crippen LogP contribution >= 0.6 is 0 Å². The Bertz CT molecular complexity index is 610. The lowest BCUT2D eigenvalue weighted by Gasteiger charge is -2.14. The van der Waals surface area contributed by atoms with Gasteiger partial charge in [0.25, 0.3) is 0 Å². The molecule has 1 rings (SSSR count). The molecular weight excluding hydrogens is 296 g/mol. The summed E-state index contributed by atoms with van der Waals surface area (Å²) in [6.07, 6.45) is 0.854. The molecule has 1 amide bonds. The van der Waals surface area contributed by atoms with E-state index in [4.69, 9.17) is 10.8 Å². The highest BCUT2D eigenvalue weighted by molar-refractivity contribution is 7.90. The molecule has 1 aromatic carbocycles. The number of carboxylic acid groups (broad SMARTS) is 1. The number of carboxylic acids is 1. The molecule has 0 aliphatic rings. The molecule has 8 heteroatoms. The largest absolute Gasteiger partial charge is 0.480 e. The normalized spacial score (nSPS) is 12.6. The highest BCUT2D eigenvalue weighted by Crippen LogP contribution is 2.06. The van der Waals surface area contributed by atoms with E-state index in [-0.39, 0.29) is 18.6 Å². The molecule has 116 valence electrons. The lowest BCUT2D eigenvalue weighted by Crippen LogP contribution is -2.42. The van der Waals surface area contributed by atoms with Gasteiger partial charge in [0, 0.05) is 11.9 Å². The van der Waals surface area contributed by atoms with Gasteiger partial charge in [0.1, 0.15) is 15.9 Å². The molecule has 4 N–H and O–H groups in total. The Kier molecular flexibility index (Phi) is 5.71. The van der Waals surface area contributed by atoms with Crippen molar-refractivity contribution in [2.24, 2.45) is 0 Å². The number of hydrogen-bond acceptors (Lipinski definition) is 5. The molecule has 0 aliphatic carbocycles. The number of benzene rings is 1. The van der Waals surface area contributed by atoms with Crippen molar-refractivity contribution in [1.82, 2.24) is 5.32 Å². The van der Waals surface area contributed by atoms with Crippen LogP contribution in [-0.4, -0.2) is 43.5 Å². The minimum absolute atomic E-state index is 0.00291. The van der Waals surface area contributed by atoms with Gasteiger partial charge in [-0.25, -0.2) is 13.2 Å². The Morgan fingerprint density at radius 3 is 2.33 bits per heavy atom. The number of hydrogen-bond donors (Lipinski definition) is 3. The fourth-order valence-electron chi connectivity index (χ4n) is 1.66. The predicted octanol–water partition coefficient (Wildman–Crippen LogP) is -0.185. The Morgan fingerprint density at radius 1 is 1.29 bits per heavy atom. The number of carbonyl (C=O) groups is 2. The first-order valence-corrected chi connectivity index (χ1v) is 8.28. The first-order chi connectivity index (χ1) is 9.67. The molecule has 0 aromatic heterocycles. The van der Waals surface area contributed by atoms with Crippen LogP contribution in [0.1, 0.15) is 12.0 Å². The number of carbonyl (C=O) groups excluding carboxylic acids is 1. The van der Waals surface area contributed by atoms with Crippen molar-refractivity contribution in [1.29, 1.82) is 0 Å². The molecule has 7 nitrogen and oxygen atoms in total. The third-order valence-electron chi connectivity index (χ3n) is 2.76. The lowest BCUT2D eigenvalue weighted by atomic mass is 10.1. The van der Waals surface area contributed by atoms with Crippen LogP contribution in [0.25, 0.3) is 0 Å². The van der Waals surface area contributed by atoms with Crippen molar-refractivity contribution >= 4 is 27.4 Å². The smallest absolute Gasteiger partial charge is 0.326 e. The molecule has 1 aromatic rings. The third-order valence-corrected chi connectivity index (χ3v) is 3.73. The molecule has 0 saturated heterocycles. The van der Waals surface area contributed by atoms with Crippen molar-refractivity contribution in [3.05, 3.63) is 29.8 Å². The molecule has 0 heterocycles. The number of anilines is 1. The van der Waals surface area contributed by atoms with E-state index >= 15 is 0 Å². The molecule has 0 radical (unpaired) electrons. The van der Waals surface area contributed by atoms with Gasteiger partial charge in [-0.3, -0.25) is 4.79 Å². The summed E-state index contributed by atoms with van der Waals surface area (Å²) < 4.78 is 22.1. The van der Waals surface area contributed by atoms with Crippen molar-refractivity contribution in [2.75, 3.05) is 17.7 Å². The first kappa shape index (κ1) is 17.0. The van der Waals surface area contributed by atoms with Crippen molar-refractivity contribution in [3.8, 4) is 0 Å². The maximum Gasteiger partial charge on any atom is 0.326 e. The van der Waals surface area contributed by atoms with Gasteiger partial charge < -0.3 is 16.2 Å². The molecule has 0 spiro atoms. The zero-order chi connectivity index (χ0) is 16.0. The van der Waals surface area contributed by atoms with Crippen molar-refractivity contribution < 1.29 is 23.1 Å². The van der Waals surface area contributed by atoms with Gasteiger partial charge in [0.05, 0.1) is 12.2 Å². The van der Waals surface area contributed by atoms with E-state index in [1.54, 1.807) is 24.3 Å². The third kappa shape index (κ3) is 6.75. The van der Waals surface area contributed by atoms with Crippen LogP contribution in [0.2, 0.25) is 0 Å². The van der Waals surface area contributed by atoms with E-state index in [2.05, 4.69) is 5.32 Å². The number of nitrogens with two attached hydrogens (primary N) is 1. The average Bonchev–Trinajstić information content (AvgIpc) is 2.36. The number of amides is 1. The quantitative estimate of drug-likeness (QED) is 0.599. The van der Waals surface area contributed by atoms with Crippen molar-refractivity contribution in [3.63, 3.8) is 0 Å². The van der Waals surface area contributed by atoms with Gasteiger partial charge in [0.15, 0.2) is 0 Å². The summed E-state index contributed by atoms with van der Waals surface area (Å²) in [6.45, 7) is 0. The number of nitrogens with one attached hydrogen (secondary N) is 1. The summed E-state index contributed by atoms with van der Waals surface area (Å²) in [5.41, 5.74) is 6.78. The fourth-order valence-corrected chi connectivity index (χ4v) is 2.32. The van der Waals surface area contributed by atoms with Crippen LogP contribution in [0.3, 0.4) is 0 Å². The van der Waals surface area contributed by atoms with E-state index in [1.807, 2.05) is 0 Å². The second-order valence-corrected chi connectivity index (χ2v) is 7.05. The molecule has 0 aliphatic heterocycles. The Balaban J connectivity index is 2.60. The van der Waals surface area contributed by atoms with Crippen LogP contribution < -0.4 is 11.1 Å². The second-order valence-electron chi connectivity index (χ2n) is 4.80. The standard InChI is InChI=1S/C13H18N2O5S/c1-21(19,20)7-6-11(13(17)18)15-12(16)8-9-2-4-10(14)5-3-9/h2-5,11H,6-8,14H2,1H3,(H,15,16)(H,17,18). The first-order valence-electron chi connectivity index (χ1n) is 6.21. The van der Waals surface area contributed by atoms with E-state index in [0.29, 0.717) is 11.3 Å². The SMILES string of the molecule is CS(=O)(=O)CCC(NC(=O)Cc1ccc(N)cc1)C(=O)O. The predicted molar refractivity (Wildman–Crippen MR) is 78.5 cm³/mol. The van der Waals surface area contributed by atoms with Crippen LogP contribution in [0, 0.1) is 0 Å². The maximum absolute atomic E-state index is 11.8. The fraction of sp³-hybridized carbons (Fsp3) is 0.385. The highest BCUT2D eigenvalue weighted by atomic mass is 32.2. The zero-order valence-electron chi connectivity index (χ0n) is 11.6. The summed E-state index contributed by atoms with van der Waals surface area (Å²) in [7, 11) is -3.28. The van der Waals surface area contributed by atoms with Crippen LogP contribution in [0.4, 0.5) is 5.69 Å². The van der Waals surface area contributed by atoms with Gasteiger partial charge in [0.2, 0.25) is 5.91 Å².